The number of nitrogens with zero attached hydrogens (tertiary/aromatic N) is 2. The summed E-state index contributed by atoms with van der Waals surface area (Å²) in [5, 5.41) is 11.2. The Balaban J connectivity index is 1.54. The lowest BCUT2D eigenvalue weighted by Crippen LogP contribution is -2.36. The molecule has 1 unspecified atom stereocenters. The molecule has 6 nitrogen and oxygen atoms in total. The van der Waals surface area contributed by atoms with Crippen LogP contribution in [-0.2, 0) is 31.0 Å². The lowest BCUT2D eigenvalue weighted by molar-refractivity contribution is 0.0947. The van der Waals surface area contributed by atoms with Gasteiger partial charge in [-0.25, -0.2) is 0 Å². The third kappa shape index (κ3) is 5.42. The van der Waals surface area contributed by atoms with Gasteiger partial charge in [0.15, 0.2) is 5.69 Å². The number of carbonyl (C=O) groups excluding carboxylic acids is 1. The molecule has 1 aromatic carbocycles. The molecule has 152 valence electrons. The van der Waals surface area contributed by atoms with Crippen molar-refractivity contribution in [1.82, 2.24) is 20.4 Å². The smallest absolute Gasteiger partial charge is 0.272 e. The summed E-state index contributed by atoms with van der Waals surface area (Å²) >= 11 is 0. The average Bonchev–Trinajstić information content (AvgIpc) is 3.05. The molecule has 1 aliphatic rings. The van der Waals surface area contributed by atoms with E-state index >= 15 is 0 Å². The Morgan fingerprint density at radius 1 is 1.29 bits per heavy atom. The fraction of sp³-hybridized carbons (Fsp3) is 0.545. The molecule has 6 heteroatoms. The van der Waals surface area contributed by atoms with Gasteiger partial charge in [0.1, 0.15) is 0 Å². The minimum atomic E-state index is -0.0650. The van der Waals surface area contributed by atoms with Gasteiger partial charge < -0.3 is 15.4 Å². The van der Waals surface area contributed by atoms with Crippen LogP contribution in [0.2, 0.25) is 0 Å². The van der Waals surface area contributed by atoms with Gasteiger partial charge in [-0.15, -0.1) is 0 Å². The maximum atomic E-state index is 12.7. The third-order valence-electron chi connectivity index (χ3n) is 5.31. The van der Waals surface area contributed by atoms with Crippen molar-refractivity contribution in [2.75, 3.05) is 26.3 Å². The first-order valence-electron chi connectivity index (χ1n) is 10.4. The van der Waals surface area contributed by atoms with Gasteiger partial charge in [-0.1, -0.05) is 30.3 Å². The lowest BCUT2D eigenvalue weighted by Gasteiger charge is -2.24. The molecular weight excluding hydrogens is 352 g/mol. The molecule has 1 amide bonds. The molecule has 1 heterocycles. The van der Waals surface area contributed by atoms with Crippen LogP contribution in [0.15, 0.2) is 30.3 Å². The number of fused-ring (bicyclic) bond motifs is 1. The number of carbonyl (C=O) groups is 1. The van der Waals surface area contributed by atoms with Crippen molar-refractivity contribution in [3.8, 4) is 0 Å². The molecular formula is C22H32N4O2. The van der Waals surface area contributed by atoms with Crippen LogP contribution in [0.1, 0.15) is 47.1 Å². The van der Waals surface area contributed by atoms with Crippen LogP contribution in [-0.4, -0.2) is 48.0 Å². The fourth-order valence-corrected chi connectivity index (χ4v) is 3.82. The molecule has 1 aromatic heterocycles. The fourth-order valence-electron chi connectivity index (χ4n) is 3.82. The minimum Gasteiger partial charge on any atom is -0.382 e. The monoisotopic (exact) mass is 384 g/mol. The molecule has 0 radical (unpaired) electrons. The Morgan fingerprint density at radius 2 is 2.11 bits per heavy atom. The van der Waals surface area contributed by atoms with E-state index in [1.54, 1.807) is 0 Å². The van der Waals surface area contributed by atoms with Crippen LogP contribution in [0, 0.1) is 0 Å². The van der Waals surface area contributed by atoms with E-state index in [-0.39, 0.29) is 5.91 Å². The van der Waals surface area contributed by atoms with Crippen molar-refractivity contribution in [2.24, 2.45) is 7.05 Å². The minimum absolute atomic E-state index is 0.0650. The second-order valence-corrected chi connectivity index (χ2v) is 7.33. The number of rotatable bonds is 10. The Morgan fingerprint density at radius 3 is 2.89 bits per heavy atom. The normalized spacial score (nSPS) is 16.0. The maximum absolute atomic E-state index is 12.7. The summed E-state index contributed by atoms with van der Waals surface area (Å²) in [6.45, 7) is 5.14. The molecule has 0 saturated heterocycles. The van der Waals surface area contributed by atoms with Gasteiger partial charge in [-0.2, -0.15) is 5.10 Å². The van der Waals surface area contributed by atoms with Crippen molar-refractivity contribution >= 4 is 5.91 Å². The van der Waals surface area contributed by atoms with Crippen molar-refractivity contribution in [3.63, 3.8) is 0 Å². The number of aromatic nitrogens is 2. The highest BCUT2D eigenvalue weighted by molar-refractivity contribution is 5.94. The summed E-state index contributed by atoms with van der Waals surface area (Å²) in [5.41, 5.74) is 4.11. The highest BCUT2D eigenvalue weighted by atomic mass is 16.5. The van der Waals surface area contributed by atoms with Crippen molar-refractivity contribution in [1.29, 1.82) is 0 Å². The molecule has 1 aliphatic carbocycles. The largest absolute Gasteiger partial charge is 0.382 e. The highest BCUT2D eigenvalue weighted by Gasteiger charge is 2.27. The molecule has 0 bridgehead atoms. The van der Waals surface area contributed by atoms with Crippen molar-refractivity contribution in [3.05, 3.63) is 52.8 Å². The zero-order chi connectivity index (χ0) is 19.8. The van der Waals surface area contributed by atoms with Gasteiger partial charge in [0.25, 0.3) is 5.91 Å². The maximum Gasteiger partial charge on any atom is 0.272 e. The number of nitrogens with one attached hydrogen (secondary N) is 2. The van der Waals surface area contributed by atoms with Crippen LogP contribution in [0.4, 0.5) is 0 Å². The molecule has 2 aromatic rings. The van der Waals surface area contributed by atoms with E-state index in [9.17, 15) is 4.79 Å². The third-order valence-corrected chi connectivity index (χ3v) is 5.31. The summed E-state index contributed by atoms with van der Waals surface area (Å²) < 4.78 is 7.28. The first kappa shape index (κ1) is 20.6. The zero-order valence-corrected chi connectivity index (χ0v) is 17.0. The SMILES string of the molecule is CCOCCCNC1CCc2c(c(C(=O)NCCc3ccccc3)nn2C)C1. The predicted molar refractivity (Wildman–Crippen MR) is 111 cm³/mol. The second kappa shape index (κ2) is 10.4. The first-order chi connectivity index (χ1) is 13.7. The van der Waals surface area contributed by atoms with Crippen LogP contribution >= 0.6 is 0 Å². The van der Waals surface area contributed by atoms with Gasteiger partial charge in [0, 0.05) is 44.1 Å². The van der Waals surface area contributed by atoms with Gasteiger partial charge in [0.2, 0.25) is 0 Å². The summed E-state index contributed by atoms with van der Waals surface area (Å²) in [7, 11) is 1.94. The van der Waals surface area contributed by atoms with E-state index in [4.69, 9.17) is 4.74 Å². The number of ether oxygens (including phenoxy) is 1. The summed E-state index contributed by atoms with van der Waals surface area (Å²) in [6.07, 6.45) is 4.73. The molecule has 3 rings (SSSR count). The van der Waals surface area contributed by atoms with E-state index in [1.165, 1.54) is 11.3 Å². The van der Waals surface area contributed by atoms with E-state index in [0.717, 1.165) is 57.4 Å². The zero-order valence-electron chi connectivity index (χ0n) is 17.0. The van der Waals surface area contributed by atoms with E-state index in [1.807, 2.05) is 36.9 Å². The molecule has 0 saturated carbocycles. The summed E-state index contributed by atoms with van der Waals surface area (Å²) in [5.74, 6) is -0.0650. The number of benzene rings is 1. The number of amides is 1. The Kier molecular flexibility index (Phi) is 7.62. The predicted octanol–water partition coefficient (Wildman–Crippen LogP) is 2.27. The standard InChI is InChI=1S/C22H32N4O2/c1-3-28-15-7-13-23-18-10-11-20-19(16-18)21(25-26(20)2)22(27)24-14-12-17-8-5-4-6-9-17/h4-6,8-9,18,23H,3,7,10-16H2,1-2H3,(H,24,27). The van der Waals surface area contributed by atoms with Gasteiger partial charge in [-0.05, 0) is 51.1 Å². The number of aryl methyl sites for hydroxylation is 1. The highest BCUT2D eigenvalue weighted by Crippen LogP contribution is 2.24. The van der Waals surface area contributed by atoms with Gasteiger partial charge in [0.05, 0.1) is 0 Å². The van der Waals surface area contributed by atoms with Crippen LogP contribution in [0.5, 0.6) is 0 Å². The molecule has 0 fully saturated rings. The number of hydrogen-bond acceptors (Lipinski definition) is 4. The quantitative estimate of drug-likeness (QED) is 0.617. The average molecular weight is 385 g/mol. The van der Waals surface area contributed by atoms with Crippen molar-refractivity contribution < 1.29 is 9.53 Å². The summed E-state index contributed by atoms with van der Waals surface area (Å²) in [6, 6.07) is 10.6. The molecule has 1 atom stereocenters. The molecule has 0 spiro atoms. The van der Waals surface area contributed by atoms with Crippen LogP contribution < -0.4 is 10.6 Å². The first-order valence-corrected chi connectivity index (χ1v) is 10.4. The number of hydrogen-bond donors (Lipinski definition) is 2. The Bertz CT molecular complexity index is 757. The topological polar surface area (TPSA) is 68.2 Å². The summed E-state index contributed by atoms with van der Waals surface area (Å²) in [4.78, 5) is 12.7. The van der Waals surface area contributed by atoms with E-state index in [0.29, 0.717) is 18.3 Å². The second-order valence-electron chi connectivity index (χ2n) is 7.33. The van der Waals surface area contributed by atoms with Crippen molar-refractivity contribution in [2.45, 2.75) is 45.1 Å². The Labute approximate surface area is 167 Å². The van der Waals surface area contributed by atoms with Gasteiger partial charge >= 0.3 is 0 Å². The van der Waals surface area contributed by atoms with Crippen LogP contribution in [0.25, 0.3) is 0 Å². The van der Waals surface area contributed by atoms with Gasteiger partial charge in [-0.3, -0.25) is 9.48 Å². The van der Waals surface area contributed by atoms with E-state index in [2.05, 4.69) is 27.9 Å². The Hall–Kier alpha value is -2.18. The lowest BCUT2D eigenvalue weighted by atomic mass is 9.91. The molecule has 28 heavy (non-hydrogen) atoms. The van der Waals surface area contributed by atoms with E-state index < -0.39 is 0 Å². The molecule has 2 N–H and O–H groups in total. The molecule has 0 aliphatic heterocycles. The van der Waals surface area contributed by atoms with Crippen LogP contribution in [0.3, 0.4) is 0 Å².